The Bertz CT molecular complexity index is 459. The molecule has 1 aromatic heterocycles. The van der Waals surface area contributed by atoms with Gasteiger partial charge in [0.15, 0.2) is 0 Å². The Morgan fingerprint density at radius 1 is 1.43 bits per heavy atom. The van der Waals surface area contributed by atoms with Crippen LogP contribution in [0, 0.1) is 0 Å². The molecule has 0 saturated heterocycles. The molecule has 0 saturated carbocycles. The van der Waals surface area contributed by atoms with Gasteiger partial charge in [0.25, 0.3) is 5.91 Å². The SMILES string of the molecule is CCN(CC)CCCC(C)Nc1cc(C(N)=O)c(N)cn1. The van der Waals surface area contributed by atoms with Crippen molar-refractivity contribution in [1.29, 1.82) is 0 Å². The number of aromatic nitrogens is 1. The van der Waals surface area contributed by atoms with Gasteiger partial charge in [-0.3, -0.25) is 4.79 Å². The normalized spacial score (nSPS) is 12.4. The van der Waals surface area contributed by atoms with E-state index in [4.69, 9.17) is 11.5 Å². The number of hydrogen-bond acceptors (Lipinski definition) is 5. The van der Waals surface area contributed by atoms with Crippen molar-refractivity contribution in [2.24, 2.45) is 5.73 Å². The lowest BCUT2D eigenvalue weighted by Gasteiger charge is -2.20. The molecule has 0 radical (unpaired) electrons. The average Bonchev–Trinajstić information content (AvgIpc) is 2.45. The second-order valence-corrected chi connectivity index (χ2v) is 5.24. The van der Waals surface area contributed by atoms with E-state index in [0.717, 1.165) is 32.5 Å². The molecule has 0 aliphatic carbocycles. The van der Waals surface area contributed by atoms with Crippen LogP contribution in [0.25, 0.3) is 0 Å². The smallest absolute Gasteiger partial charge is 0.250 e. The van der Waals surface area contributed by atoms with Gasteiger partial charge in [0.2, 0.25) is 0 Å². The van der Waals surface area contributed by atoms with Gasteiger partial charge in [-0.2, -0.15) is 0 Å². The van der Waals surface area contributed by atoms with Crippen molar-refractivity contribution in [3.05, 3.63) is 17.8 Å². The van der Waals surface area contributed by atoms with Crippen LogP contribution in [-0.4, -0.2) is 41.5 Å². The number of nitrogens with two attached hydrogens (primary N) is 2. The summed E-state index contributed by atoms with van der Waals surface area (Å²) in [5, 5.41) is 3.28. The summed E-state index contributed by atoms with van der Waals surface area (Å²) >= 11 is 0. The Labute approximate surface area is 126 Å². The molecule has 0 aliphatic rings. The van der Waals surface area contributed by atoms with E-state index < -0.39 is 5.91 Å². The summed E-state index contributed by atoms with van der Waals surface area (Å²) in [5.74, 6) is 0.0977. The number of nitrogens with one attached hydrogen (secondary N) is 1. The first-order valence-corrected chi connectivity index (χ1v) is 7.52. The summed E-state index contributed by atoms with van der Waals surface area (Å²) < 4.78 is 0. The number of pyridine rings is 1. The van der Waals surface area contributed by atoms with Crippen LogP contribution >= 0.6 is 0 Å². The minimum absolute atomic E-state index is 0.275. The summed E-state index contributed by atoms with van der Waals surface area (Å²) in [7, 11) is 0. The molecule has 1 aromatic rings. The van der Waals surface area contributed by atoms with Gasteiger partial charge in [0.05, 0.1) is 17.4 Å². The third-order valence-corrected chi connectivity index (χ3v) is 3.60. The first-order chi connectivity index (χ1) is 9.97. The molecule has 1 rings (SSSR count). The van der Waals surface area contributed by atoms with Crippen LogP contribution in [0.1, 0.15) is 44.0 Å². The molecule has 6 heteroatoms. The monoisotopic (exact) mass is 293 g/mol. The van der Waals surface area contributed by atoms with Crippen molar-refractivity contribution in [2.45, 2.75) is 39.7 Å². The number of primary amides is 1. The van der Waals surface area contributed by atoms with Crippen molar-refractivity contribution in [2.75, 3.05) is 30.7 Å². The predicted octanol–water partition coefficient (Wildman–Crippen LogP) is 1.69. The van der Waals surface area contributed by atoms with Crippen LogP contribution in [0.2, 0.25) is 0 Å². The number of hydrogen-bond donors (Lipinski definition) is 3. The Hall–Kier alpha value is -1.82. The van der Waals surface area contributed by atoms with Crippen molar-refractivity contribution < 1.29 is 4.79 Å². The highest BCUT2D eigenvalue weighted by Crippen LogP contribution is 2.15. The number of nitrogens with zero attached hydrogens (tertiary/aromatic N) is 2. The fourth-order valence-electron chi connectivity index (χ4n) is 2.24. The lowest BCUT2D eigenvalue weighted by molar-refractivity contribution is 0.100. The van der Waals surface area contributed by atoms with Gasteiger partial charge < -0.3 is 21.7 Å². The minimum Gasteiger partial charge on any atom is -0.397 e. The second-order valence-electron chi connectivity index (χ2n) is 5.24. The first kappa shape index (κ1) is 17.2. The molecule has 1 heterocycles. The third-order valence-electron chi connectivity index (χ3n) is 3.60. The van der Waals surface area contributed by atoms with E-state index in [0.29, 0.717) is 17.1 Å². The topological polar surface area (TPSA) is 97.3 Å². The summed E-state index contributed by atoms with van der Waals surface area (Å²) in [6, 6.07) is 1.89. The Morgan fingerprint density at radius 2 is 2.10 bits per heavy atom. The van der Waals surface area contributed by atoms with E-state index >= 15 is 0 Å². The van der Waals surface area contributed by atoms with Crippen molar-refractivity contribution >= 4 is 17.4 Å². The highest BCUT2D eigenvalue weighted by atomic mass is 16.1. The maximum Gasteiger partial charge on any atom is 0.250 e. The molecule has 21 heavy (non-hydrogen) atoms. The number of rotatable bonds is 9. The van der Waals surface area contributed by atoms with Crippen molar-refractivity contribution in [3.63, 3.8) is 0 Å². The zero-order valence-corrected chi connectivity index (χ0v) is 13.2. The third kappa shape index (κ3) is 5.59. The van der Waals surface area contributed by atoms with Gasteiger partial charge in [0, 0.05) is 6.04 Å². The maximum absolute atomic E-state index is 11.3. The van der Waals surface area contributed by atoms with E-state index in [1.54, 1.807) is 6.07 Å². The lowest BCUT2D eigenvalue weighted by Crippen LogP contribution is -2.26. The molecule has 1 unspecified atom stereocenters. The molecule has 1 atom stereocenters. The molecular weight excluding hydrogens is 266 g/mol. The fraction of sp³-hybridized carbons (Fsp3) is 0.600. The summed E-state index contributed by atoms with van der Waals surface area (Å²) in [6.45, 7) is 9.72. The van der Waals surface area contributed by atoms with Gasteiger partial charge in [-0.05, 0) is 45.5 Å². The van der Waals surface area contributed by atoms with E-state index in [9.17, 15) is 4.79 Å². The summed E-state index contributed by atoms with van der Waals surface area (Å²) in [6.07, 6.45) is 3.62. The predicted molar refractivity (Wildman–Crippen MR) is 87.3 cm³/mol. The second kappa shape index (κ2) is 8.46. The number of carbonyl (C=O) groups is 1. The molecule has 0 bridgehead atoms. The molecular formula is C15H27N5O. The van der Waals surface area contributed by atoms with Gasteiger partial charge in [-0.15, -0.1) is 0 Å². The zero-order valence-electron chi connectivity index (χ0n) is 13.2. The number of nitrogen functional groups attached to an aromatic ring is 1. The Morgan fingerprint density at radius 3 is 2.67 bits per heavy atom. The van der Waals surface area contributed by atoms with E-state index in [2.05, 4.69) is 36.0 Å². The van der Waals surface area contributed by atoms with Gasteiger partial charge in [-0.1, -0.05) is 13.8 Å². The molecule has 0 aromatic carbocycles. The molecule has 0 fully saturated rings. The van der Waals surface area contributed by atoms with Crippen LogP contribution in [0.5, 0.6) is 0 Å². The van der Waals surface area contributed by atoms with E-state index in [-0.39, 0.29) is 6.04 Å². The highest BCUT2D eigenvalue weighted by molar-refractivity contribution is 5.98. The van der Waals surface area contributed by atoms with Crippen LogP contribution < -0.4 is 16.8 Å². The molecule has 0 aliphatic heterocycles. The fourth-order valence-corrected chi connectivity index (χ4v) is 2.24. The first-order valence-electron chi connectivity index (χ1n) is 7.52. The van der Waals surface area contributed by atoms with Gasteiger partial charge >= 0.3 is 0 Å². The molecule has 5 N–H and O–H groups in total. The van der Waals surface area contributed by atoms with Crippen LogP contribution in [-0.2, 0) is 0 Å². The Kier molecular flexibility index (Phi) is 6.94. The molecule has 6 nitrogen and oxygen atoms in total. The minimum atomic E-state index is -0.535. The van der Waals surface area contributed by atoms with Crippen molar-refractivity contribution in [3.8, 4) is 0 Å². The summed E-state index contributed by atoms with van der Waals surface area (Å²) in [5.41, 5.74) is 11.6. The number of carbonyl (C=O) groups excluding carboxylic acids is 1. The Balaban J connectivity index is 2.49. The quantitative estimate of drug-likeness (QED) is 0.643. The van der Waals surface area contributed by atoms with Gasteiger partial charge in [-0.25, -0.2) is 4.98 Å². The number of amides is 1. The van der Waals surface area contributed by atoms with Crippen LogP contribution in [0.4, 0.5) is 11.5 Å². The molecule has 1 amide bonds. The maximum atomic E-state index is 11.3. The lowest BCUT2D eigenvalue weighted by atomic mass is 10.1. The van der Waals surface area contributed by atoms with E-state index in [1.165, 1.54) is 6.20 Å². The zero-order chi connectivity index (χ0) is 15.8. The average molecular weight is 293 g/mol. The summed E-state index contributed by atoms with van der Waals surface area (Å²) in [4.78, 5) is 17.8. The van der Waals surface area contributed by atoms with Gasteiger partial charge in [0.1, 0.15) is 5.82 Å². The van der Waals surface area contributed by atoms with Crippen LogP contribution in [0.15, 0.2) is 12.3 Å². The van der Waals surface area contributed by atoms with Crippen molar-refractivity contribution in [1.82, 2.24) is 9.88 Å². The number of anilines is 2. The standard InChI is InChI=1S/C15H27N5O/c1-4-20(5-2)8-6-7-11(3)19-14-9-12(15(17)21)13(16)10-18-14/h9-11H,4-8,16H2,1-3H3,(H2,17,21)(H,18,19). The molecule has 0 spiro atoms. The molecule has 118 valence electrons. The van der Waals surface area contributed by atoms with Crippen LogP contribution in [0.3, 0.4) is 0 Å². The van der Waals surface area contributed by atoms with E-state index in [1.807, 2.05) is 0 Å². The highest BCUT2D eigenvalue weighted by Gasteiger charge is 2.10. The largest absolute Gasteiger partial charge is 0.397 e.